The lowest BCUT2D eigenvalue weighted by molar-refractivity contribution is -0.144. The summed E-state index contributed by atoms with van der Waals surface area (Å²) in [6, 6.07) is 7.78. The Labute approximate surface area is 111 Å². The highest BCUT2D eigenvalue weighted by molar-refractivity contribution is 6.33. The van der Waals surface area contributed by atoms with Crippen LogP contribution in [0.2, 0.25) is 5.02 Å². The number of hydrogen-bond donors (Lipinski definition) is 2. The van der Waals surface area contributed by atoms with Gasteiger partial charge in [-0.15, -0.1) is 0 Å². The van der Waals surface area contributed by atoms with Crippen LogP contribution in [0.5, 0.6) is 0 Å². The number of rotatable bonds is 2. The number of benzene rings is 1. The first-order valence-electron chi connectivity index (χ1n) is 5.09. The molecule has 0 fully saturated rings. The smallest absolute Gasteiger partial charge is 0.384 e. The van der Waals surface area contributed by atoms with Crippen molar-refractivity contribution in [3.05, 3.63) is 41.2 Å². The van der Waals surface area contributed by atoms with E-state index in [-0.39, 0.29) is 11.6 Å². The number of nitrogens with one attached hydrogen (secondary N) is 1. The molecule has 0 aliphatic heterocycles. The Balaban J connectivity index is 2.36. The quantitative estimate of drug-likeness (QED) is 0.888. The van der Waals surface area contributed by atoms with Gasteiger partial charge in [0.1, 0.15) is 11.6 Å². The van der Waals surface area contributed by atoms with Crippen molar-refractivity contribution in [3.8, 4) is 0 Å². The van der Waals surface area contributed by atoms with Gasteiger partial charge >= 0.3 is 6.18 Å². The molecule has 0 radical (unpaired) electrons. The number of alkyl halides is 3. The van der Waals surface area contributed by atoms with Crippen molar-refractivity contribution in [1.82, 2.24) is 9.97 Å². The molecule has 0 saturated heterocycles. The Morgan fingerprint density at radius 1 is 1.16 bits per heavy atom. The Bertz CT molecular complexity index is 601. The first-order chi connectivity index (χ1) is 8.86. The minimum Gasteiger partial charge on any atom is -0.384 e. The maximum atomic E-state index is 12.5. The fourth-order valence-electron chi connectivity index (χ4n) is 1.36. The van der Waals surface area contributed by atoms with Crippen molar-refractivity contribution in [2.75, 3.05) is 11.1 Å². The summed E-state index contributed by atoms with van der Waals surface area (Å²) in [4.78, 5) is 6.49. The van der Waals surface area contributed by atoms with E-state index in [1.54, 1.807) is 24.3 Å². The highest BCUT2D eigenvalue weighted by Crippen LogP contribution is 2.29. The number of para-hydroxylation sites is 1. The second-order valence-corrected chi connectivity index (χ2v) is 4.01. The Hall–Kier alpha value is -2.02. The zero-order valence-corrected chi connectivity index (χ0v) is 10.1. The molecule has 1 aromatic carbocycles. The molecule has 4 nitrogen and oxygen atoms in total. The van der Waals surface area contributed by atoms with E-state index in [9.17, 15) is 13.2 Å². The summed E-state index contributed by atoms with van der Waals surface area (Å²) in [5, 5.41) is 3.02. The van der Waals surface area contributed by atoms with Crippen LogP contribution in [-0.2, 0) is 6.18 Å². The molecule has 0 aliphatic carbocycles. The zero-order chi connectivity index (χ0) is 14.0. The monoisotopic (exact) mass is 288 g/mol. The fraction of sp³-hybridized carbons (Fsp3) is 0.0909. The minimum absolute atomic E-state index is 0.0760. The maximum Gasteiger partial charge on any atom is 0.451 e. The van der Waals surface area contributed by atoms with Crippen LogP contribution in [0.25, 0.3) is 0 Å². The van der Waals surface area contributed by atoms with E-state index in [0.29, 0.717) is 10.7 Å². The summed E-state index contributed by atoms with van der Waals surface area (Å²) in [6.45, 7) is 0. The van der Waals surface area contributed by atoms with Crippen molar-refractivity contribution in [2.24, 2.45) is 0 Å². The summed E-state index contributed by atoms with van der Waals surface area (Å²) in [6.07, 6.45) is -4.66. The first-order valence-corrected chi connectivity index (χ1v) is 5.47. The van der Waals surface area contributed by atoms with E-state index in [1.165, 1.54) is 6.07 Å². The lowest BCUT2D eigenvalue weighted by Crippen LogP contribution is -2.13. The van der Waals surface area contributed by atoms with E-state index < -0.39 is 12.0 Å². The van der Waals surface area contributed by atoms with Crippen LogP contribution >= 0.6 is 11.6 Å². The van der Waals surface area contributed by atoms with E-state index in [1.807, 2.05) is 0 Å². The standard InChI is InChI=1S/C11H8ClF3N4/c12-6-3-1-2-4-7(6)17-9-5-8(16)18-10(19-9)11(13,14)15/h1-5H,(H3,16,17,18,19). The predicted molar refractivity (Wildman–Crippen MR) is 66.2 cm³/mol. The summed E-state index contributed by atoms with van der Waals surface area (Å²) < 4.78 is 37.6. The van der Waals surface area contributed by atoms with Crippen molar-refractivity contribution in [1.29, 1.82) is 0 Å². The molecular weight excluding hydrogens is 281 g/mol. The molecule has 2 rings (SSSR count). The maximum absolute atomic E-state index is 12.5. The molecule has 19 heavy (non-hydrogen) atoms. The Morgan fingerprint density at radius 2 is 1.84 bits per heavy atom. The number of hydrogen-bond acceptors (Lipinski definition) is 4. The van der Waals surface area contributed by atoms with E-state index in [4.69, 9.17) is 17.3 Å². The SMILES string of the molecule is Nc1cc(Nc2ccccc2Cl)nc(C(F)(F)F)n1. The van der Waals surface area contributed by atoms with Gasteiger partial charge in [0.25, 0.3) is 0 Å². The van der Waals surface area contributed by atoms with Gasteiger partial charge < -0.3 is 11.1 Å². The summed E-state index contributed by atoms with van der Waals surface area (Å²) >= 11 is 5.88. The molecule has 2 aromatic rings. The molecule has 0 bridgehead atoms. The van der Waals surface area contributed by atoms with Crippen LogP contribution < -0.4 is 11.1 Å². The van der Waals surface area contributed by atoms with Gasteiger partial charge in [0.2, 0.25) is 5.82 Å². The van der Waals surface area contributed by atoms with Gasteiger partial charge in [-0.1, -0.05) is 23.7 Å². The molecule has 100 valence electrons. The first kappa shape index (κ1) is 13.4. The van der Waals surface area contributed by atoms with Crippen LogP contribution in [0, 0.1) is 0 Å². The normalized spacial score (nSPS) is 11.4. The number of nitrogens with two attached hydrogens (primary N) is 1. The van der Waals surface area contributed by atoms with Crippen LogP contribution in [0.4, 0.5) is 30.5 Å². The predicted octanol–water partition coefficient (Wildman–Crippen LogP) is 3.47. The molecule has 0 spiro atoms. The molecule has 0 atom stereocenters. The summed E-state index contributed by atoms with van der Waals surface area (Å²) in [5.41, 5.74) is 5.75. The van der Waals surface area contributed by atoms with Gasteiger partial charge in [-0.3, -0.25) is 0 Å². The number of nitrogen functional groups attached to an aromatic ring is 1. The lowest BCUT2D eigenvalue weighted by Gasteiger charge is -2.10. The van der Waals surface area contributed by atoms with Crippen molar-refractivity contribution >= 4 is 28.9 Å². The molecule has 0 amide bonds. The van der Waals surface area contributed by atoms with Gasteiger partial charge in [-0.05, 0) is 12.1 Å². The average molecular weight is 289 g/mol. The minimum atomic E-state index is -4.66. The lowest BCUT2D eigenvalue weighted by atomic mass is 10.3. The van der Waals surface area contributed by atoms with Gasteiger partial charge in [0, 0.05) is 6.07 Å². The third kappa shape index (κ3) is 3.25. The highest BCUT2D eigenvalue weighted by atomic mass is 35.5. The Kier molecular flexibility index (Phi) is 3.48. The van der Waals surface area contributed by atoms with Gasteiger partial charge in [0.15, 0.2) is 0 Å². The van der Waals surface area contributed by atoms with Crippen LogP contribution in [0.1, 0.15) is 5.82 Å². The molecule has 0 saturated carbocycles. The number of aromatic nitrogens is 2. The second-order valence-electron chi connectivity index (χ2n) is 3.60. The highest BCUT2D eigenvalue weighted by Gasteiger charge is 2.35. The summed E-state index contributed by atoms with van der Waals surface area (Å²) in [7, 11) is 0. The van der Waals surface area contributed by atoms with E-state index in [2.05, 4.69) is 15.3 Å². The Morgan fingerprint density at radius 3 is 2.47 bits per heavy atom. The third-order valence-electron chi connectivity index (χ3n) is 2.14. The van der Waals surface area contributed by atoms with Gasteiger partial charge in [0.05, 0.1) is 10.7 Å². The van der Waals surface area contributed by atoms with Crippen LogP contribution in [0.3, 0.4) is 0 Å². The van der Waals surface area contributed by atoms with E-state index >= 15 is 0 Å². The topological polar surface area (TPSA) is 63.8 Å². The van der Waals surface area contributed by atoms with Crippen LogP contribution in [-0.4, -0.2) is 9.97 Å². The third-order valence-corrected chi connectivity index (χ3v) is 2.47. The molecule has 1 aromatic heterocycles. The molecule has 3 N–H and O–H groups in total. The zero-order valence-electron chi connectivity index (χ0n) is 9.37. The van der Waals surface area contributed by atoms with Crippen molar-refractivity contribution < 1.29 is 13.2 Å². The summed E-state index contributed by atoms with van der Waals surface area (Å²) in [5.74, 6) is -1.66. The molecule has 8 heteroatoms. The van der Waals surface area contributed by atoms with Gasteiger partial charge in [-0.2, -0.15) is 13.2 Å². The number of anilines is 3. The molecule has 0 unspecified atom stereocenters. The van der Waals surface area contributed by atoms with Crippen molar-refractivity contribution in [2.45, 2.75) is 6.18 Å². The molecule has 1 heterocycles. The molecule has 0 aliphatic rings. The number of halogens is 4. The van der Waals surface area contributed by atoms with Crippen LogP contribution in [0.15, 0.2) is 30.3 Å². The largest absolute Gasteiger partial charge is 0.451 e. The van der Waals surface area contributed by atoms with Gasteiger partial charge in [-0.25, -0.2) is 9.97 Å². The number of nitrogens with zero attached hydrogens (tertiary/aromatic N) is 2. The van der Waals surface area contributed by atoms with Crippen molar-refractivity contribution in [3.63, 3.8) is 0 Å². The van der Waals surface area contributed by atoms with E-state index in [0.717, 1.165) is 0 Å². The molecular formula is C11H8ClF3N4. The fourth-order valence-corrected chi connectivity index (χ4v) is 1.54. The second kappa shape index (κ2) is 4.93. The average Bonchev–Trinajstić information content (AvgIpc) is 2.30.